The predicted molar refractivity (Wildman–Crippen MR) is 69.2 cm³/mol. The summed E-state index contributed by atoms with van der Waals surface area (Å²) in [7, 11) is 0. The van der Waals surface area contributed by atoms with Crippen molar-refractivity contribution in [3.05, 3.63) is 23.8 Å². The first-order valence-corrected chi connectivity index (χ1v) is 6.42. The number of fused-ring (bicyclic) bond motifs is 2. The van der Waals surface area contributed by atoms with Crippen LogP contribution in [0.2, 0.25) is 0 Å². The first-order chi connectivity index (χ1) is 8.24. The summed E-state index contributed by atoms with van der Waals surface area (Å²) in [5, 5.41) is 6.60. The van der Waals surface area contributed by atoms with E-state index in [1.54, 1.807) is 0 Å². The minimum absolute atomic E-state index is 0.136. The van der Waals surface area contributed by atoms with Gasteiger partial charge >= 0.3 is 0 Å². The Morgan fingerprint density at radius 2 is 2.00 bits per heavy atom. The zero-order chi connectivity index (χ0) is 11.8. The van der Waals surface area contributed by atoms with Gasteiger partial charge in [0.25, 0.3) is 0 Å². The van der Waals surface area contributed by atoms with E-state index in [4.69, 9.17) is 0 Å². The fraction of sp³-hybridized carbons (Fsp3) is 0.500. The molecule has 1 saturated carbocycles. The third-order valence-corrected chi connectivity index (χ3v) is 3.88. The summed E-state index contributed by atoms with van der Waals surface area (Å²) in [6, 6.07) is 6.51. The zero-order valence-corrected chi connectivity index (χ0v) is 10.1. The maximum atomic E-state index is 12.2. The van der Waals surface area contributed by atoms with Crippen molar-refractivity contribution in [2.75, 3.05) is 10.6 Å². The maximum Gasteiger partial charge on any atom is 0.229 e. The molecule has 3 rings (SSSR count). The summed E-state index contributed by atoms with van der Waals surface area (Å²) >= 11 is 0. The third-order valence-electron chi connectivity index (χ3n) is 3.88. The van der Waals surface area contributed by atoms with Crippen molar-refractivity contribution in [3.8, 4) is 0 Å². The van der Waals surface area contributed by atoms with Crippen molar-refractivity contribution in [2.24, 2.45) is 5.92 Å². The molecule has 3 heteroatoms. The smallest absolute Gasteiger partial charge is 0.229 e. The Bertz CT molecular complexity index is 456. The van der Waals surface area contributed by atoms with Crippen molar-refractivity contribution >= 4 is 17.3 Å². The standard InChI is InChI=1S/C14H18N2O/c1-9-6-7-12-13(8-9)16-14(17)10-4-2-3-5-11(10)15-12/h6-8,10-11,15H,2-5H2,1H3,(H,16,17). The van der Waals surface area contributed by atoms with Gasteiger partial charge in [-0.05, 0) is 37.5 Å². The number of carbonyl (C=O) groups is 1. The fourth-order valence-corrected chi connectivity index (χ4v) is 2.93. The molecule has 1 aliphatic heterocycles. The molecule has 1 aromatic rings. The van der Waals surface area contributed by atoms with Gasteiger partial charge in [-0.3, -0.25) is 4.79 Å². The molecule has 90 valence electrons. The third kappa shape index (κ3) is 1.90. The summed E-state index contributed by atoms with van der Waals surface area (Å²) in [6.07, 6.45) is 4.51. The van der Waals surface area contributed by atoms with Crippen LogP contribution in [-0.2, 0) is 4.79 Å². The summed E-state index contributed by atoms with van der Waals surface area (Å²) in [5.41, 5.74) is 3.18. The van der Waals surface area contributed by atoms with Crippen LogP contribution in [-0.4, -0.2) is 11.9 Å². The SMILES string of the molecule is Cc1ccc2c(c1)NC(=O)C1CCCCC1N2. The van der Waals surface area contributed by atoms with E-state index in [1.807, 2.05) is 13.0 Å². The predicted octanol–water partition coefficient (Wildman–Crippen LogP) is 2.92. The number of aryl methyl sites for hydroxylation is 1. The van der Waals surface area contributed by atoms with Crippen LogP contribution in [0.5, 0.6) is 0 Å². The highest BCUT2D eigenvalue weighted by Crippen LogP contribution is 2.34. The molecule has 1 aromatic carbocycles. The first-order valence-electron chi connectivity index (χ1n) is 6.42. The minimum atomic E-state index is 0.136. The molecule has 2 N–H and O–H groups in total. The van der Waals surface area contributed by atoms with E-state index in [1.165, 1.54) is 18.4 Å². The van der Waals surface area contributed by atoms with Crippen molar-refractivity contribution in [3.63, 3.8) is 0 Å². The maximum absolute atomic E-state index is 12.2. The summed E-state index contributed by atoms with van der Waals surface area (Å²) in [4.78, 5) is 12.2. The average Bonchev–Trinajstić information content (AvgIpc) is 2.46. The number of benzene rings is 1. The zero-order valence-electron chi connectivity index (χ0n) is 10.1. The molecule has 0 saturated heterocycles. The van der Waals surface area contributed by atoms with Gasteiger partial charge in [-0.2, -0.15) is 0 Å². The van der Waals surface area contributed by atoms with E-state index < -0.39 is 0 Å². The van der Waals surface area contributed by atoms with E-state index in [9.17, 15) is 4.79 Å². The van der Waals surface area contributed by atoms with Crippen molar-refractivity contribution in [2.45, 2.75) is 38.6 Å². The van der Waals surface area contributed by atoms with E-state index in [-0.39, 0.29) is 11.8 Å². The molecule has 3 nitrogen and oxygen atoms in total. The fourth-order valence-electron chi connectivity index (χ4n) is 2.93. The topological polar surface area (TPSA) is 41.1 Å². The van der Waals surface area contributed by atoms with Crippen LogP contribution in [0.1, 0.15) is 31.2 Å². The van der Waals surface area contributed by atoms with Crippen molar-refractivity contribution < 1.29 is 4.79 Å². The molecule has 2 unspecified atom stereocenters. The molecule has 0 bridgehead atoms. The Labute approximate surface area is 102 Å². The summed E-state index contributed by atoms with van der Waals surface area (Å²) in [5.74, 6) is 0.322. The van der Waals surface area contributed by atoms with Gasteiger partial charge in [0, 0.05) is 6.04 Å². The highest BCUT2D eigenvalue weighted by atomic mass is 16.2. The molecule has 1 fully saturated rings. The summed E-state index contributed by atoms with van der Waals surface area (Å²) in [6.45, 7) is 2.05. The molecule has 0 aromatic heterocycles. The number of hydrogen-bond acceptors (Lipinski definition) is 2. The van der Waals surface area contributed by atoms with Crippen LogP contribution in [0, 0.1) is 12.8 Å². The highest BCUT2D eigenvalue weighted by Gasteiger charge is 2.33. The lowest BCUT2D eigenvalue weighted by Gasteiger charge is -2.29. The Hall–Kier alpha value is -1.51. The molecule has 1 heterocycles. The molecule has 1 aliphatic carbocycles. The second kappa shape index (κ2) is 4.06. The quantitative estimate of drug-likeness (QED) is 0.719. The number of anilines is 2. The normalized spacial score (nSPS) is 27.2. The Morgan fingerprint density at radius 1 is 1.18 bits per heavy atom. The Balaban J connectivity index is 1.97. The molecular formula is C14H18N2O. The molecule has 2 aliphatic rings. The second-order valence-corrected chi connectivity index (χ2v) is 5.18. The van der Waals surface area contributed by atoms with Crippen LogP contribution >= 0.6 is 0 Å². The van der Waals surface area contributed by atoms with Gasteiger partial charge in [-0.15, -0.1) is 0 Å². The van der Waals surface area contributed by atoms with Crippen LogP contribution in [0.25, 0.3) is 0 Å². The van der Waals surface area contributed by atoms with Crippen molar-refractivity contribution in [1.29, 1.82) is 0 Å². The lowest BCUT2D eigenvalue weighted by atomic mass is 9.84. The van der Waals surface area contributed by atoms with Gasteiger partial charge in [0.1, 0.15) is 0 Å². The van der Waals surface area contributed by atoms with Gasteiger partial charge in [0.05, 0.1) is 17.3 Å². The average molecular weight is 230 g/mol. The molecular weight excluding hydrogens is 212 g/mol. The van der Waals surface area contributed by atoms with E-state index in [0.29, 0.717) is 6.04 Å². The van der Waals surface area contributed by atoms with E-state index >= 15 is 0 Å². The van der Waals surface area contributed by atoms with Crippen LogP contribution in [0.4, 0.5) is 11.4 Å². The van der Waals surface area contributed by atoms with Gasteiger partial charge in [-0.25, -0.2) is 0 Å². The molecule has 17 heavy (non-hydrogen) atoms. The number of nitrogens with one attached hydrogen (secondary N) is 2. The van der Waals surface area contributed by atoms with Crippen molar-refractivity contribution in [1.82, 2.24) is 0 Å². The monoisotopic (exact) mass is 230 g/mol. The van der Waals surface area contributed by atoms with Gasteiger partial charge in [0.15, 0.2) is 0 Å². The Morgan fingerprint density at radius 3 is 2.88 bits per heavy atom. The lowest BCUT2D eigenvalue weighted by molar-refractivity contribution is -0.120. The highest BCUT2D eigenvalue weighted by molar-refractivity contribution is 5.98. The van der Waals surface area contributed by atoms with E-state index in [2.05, 4.69) is 22.8 Å². The molecule has 2 atom stereocenters. The van der Waals surface area contributed by atoms with E-state index in [0.717, 1.165) is 24.2 Å². The van der Waals surface area contributed by atoms with Crippen LogP contribution < -0.4 is 10.6 Å². The van der Waals surface area contributed by atoms with Crippen LogP contribution in [0.15, 0.2) is 18.2 Å². The Kier molecular flexibility index (Phi) is 2.54. The first kappa shape index (κ1) is 10.6. The van der Waals surface area contributed by atoms with Gasteiger partial charge < -0.3 is 10.6 Å². The second-order valence-electron chi connectivity index (χ2n) is 5.18. The number of rotatable bonds is 0. The minimum Gasteiger partial charge on any atom is -0.380 e. The molecule has 0 spiro atoms. The number of hydrogen-bond donors (Lipinski definition) is 2. The van der Waals surface area contributed by atoms with Gasteiger partial charge in [0.2, 0.25) is 5.91 Å². The summed E-state index contributed by atoms with van der Waals surface area (Å²) < 4.78 is 0. The van der Waals surface area contributed by atoms with Gasteiger partial charge in [-0.1, -0.05) is 18.9 Å². The molecule has 1 amide bonds. The number of carbonyl (C=O) groups excluding carboxylic acids is 1. The number of amides is 1. The largest absolute Gasteiger partial charge is 0.380 e. The van der Waals surface area contributed by atoms with Crippen LogP contribution in [0.3, 0.4) is 0 Å². The lowest BCUT2D eigenvalue weighted by Crippen LogP contribution is -2.37. The molecule has 0 radical (unpaired) electrons.